The quantitative estimate of drug-likeness (QED) is 0.772. The Bertz CT molecular complexity index is 335. The molecule has 0 amide bonds. The molecule has 2 unspecified atom stereocenters. The van der Waals surface area contributed by atoms with Crippen molar-refractivity contribution in [2.24, 2.45) is 0 Å². The molecule has 3 heteroatoms. The second-order valence-corrected chi connectivity index (χ2v) is 4.32. The second-order valence-electron chi connectivity index (χ2n) is 4.32. The molecule has 0 fully saturated rings. The van der Waals surface area contributed by atoms with Crippen molar-refractivity contribution in [2.45, 2.75) is 38.2 Å². The first-order valence-electron chi connectivity index (χ1n) is 5.93. The van der Waals surface area contributed by atoms with Gasteiger partial charge in [-0.15, -0.1) is 0 Å². The molecule has 0 bridgehead atoms. The largest absolute Gasteiger partial charge is 0.469 e. The Morgan fingerprint density at radius 1 is 1.35 bits per heavy atom. The van der Waals surface area contributed by atoms with Crippen molar-refractivity contribution in [3.63, 3.8) is 0 Å². The molecule has 1 aromatic rings. The molecular formula is C14H20O3. The number of esters is 1. The highest BCUT2D eigenvalue weighted by Crippen LogP contribution is 2.21. The first-order chi connectivity index (χ1) is 8.13. The molecule has 1 aromatic carbocycles. The van der Waals surface area contributed by atoms with Crippen LogP contribution in [0.2, 0.25) is 0 Å². The van der Waals surface area contributed by atoms with Crippen LogP contribution in [0.5, 0.6) is 0 Å². The van der Waals surface area contributed by atoms with Crippen LogP contribution in [0.25, 0.3) is 0 Å². The SMILES string of the molecule is COC(=O)CCC(O)CC(C)c1ccccc1. The zero-order valence-corrected chi connectivity index (χ0v) is 10.4. The number of rotatable bonds is 6. The maximum atomic E-state index is 10.9. The third-order valence-corrected chi connectivity index (χ3v) is 2.90. The predicted molar refractivity (Wildman–Crippen MR) is 66.7 cm³/mol. The predicted octanol–water partition coefficient (Wildman–Crippen LogP) is 2.49. The standard InChI is InChI=1S/C14H20O3/c1-11(12-6-4-3-5-7-12)10-13(15)8-9-14(16)17-2/h3-7,11,13,15H,8-10H2,1-2H3. The average molecular weight is 236 g/mol. The number of carbonyl (C=O) groups excluding carboxylic acids is 1. The highest BCUT2D eigenvalue weighted by Gasteiger charge is 2.13. The second kappa shape index (κ2) is 7.07. The van der Waals surface area contributed by atoms with Gasteiger partial charge in [-0.2, -0.15) is 0 Å². The number of hydrogen-bond donors (Lipinski definition) is 1. The van der Waals surface area contributed by atoms with Gasteiger partial charge in [-0.1, -0.05) is 37.3 Å². The van der Waals surface area contributed by atoms with Gasteiger partial charge in [-0.3, -0.25) is 4.79 Å². The van der Waals surface area contributed by atoms with Gasteiger partial charge in [0.15, 0.2) is 0 Å². The third kappa shape index (κ3) is 5.00. The summed E-state index contributed by atoms with van der Waals surface area (Å²) < 4.78 is 4.54. The molecule has 0 aliphatic rings. The summed E-state index contributed by atoms with van der Waals surface area (Å²) >= 11 is 0. The van der Waals surface area contributed by atoms with Gasteiger partial charge in [-0.05, 0) is 24.3 Å². The smallest absolute Gasteiger partial charge is 0.305 e. The Balaban J connectivity index is 2.36. The topological polar surface area (TPSA) is 46.5 Å². The molecule has 0 aliphatic heterocycles. The first kappa shape index (κ1) is 13.7. The fourth-order valence-corrected chi connectivity index (χ4v) is 1.83. The van der Waals surface area contributed by atoms with Gasteiger partial charge in [0.1, 0.15) is 0 Å². The summed E-state index contributed by atoms with van der Waals surface area (Å²) in [4.78, 5) is 10.9. The lowest BCUT2D eigenvalue weighted by molar-refractivity contribution is -0.141. The Morgan fingerprint density at radius 2 is 2.00 bits per heavy atom. The molecule has 1 rings (SSSR count). The highest BCUT2D eigenvalue weighted by atomic mass is 16.5. The minimum atomic E-state index is -0.454. The summed E-state index contributed by atoms with van der Waals surface area (Å²) in [6, 6.07) is 10.1. The van der Waals surface area contributed by atoms with E-state index in [0.29, 0.717) is 18.8 Å². The lowest BCUT2D eigenvalue weighted by atomic mass is 9.93. The Kier molecular flexibility index (Phi) is 5.70. The fourth-order valence-electron chi connectivity index (χ4n) is 1.83. The van der Waals surface area contributed by atoms with Crippen molar-refractivity contribution in [3.8, 4) is 0 Å². The third-order valence-electron chi connectivity index (χ3n) is 2.90. The summed E-state index contributed by atoms with van der Waals surface area (Å²) in [6.45, 7) is 2.08. The maximum absolute atomic E-state index is 10.9. The van der Waals surface area contributed by atoms with E-state index in [-0.39, 0.29) is 12.4 Å². The van der Waals surface area contributed by atoms with Crippen LogP contribution in [0, 0.1) is 0 Å². The van der Waals surface area contributed by atoms with Crippen LogP contribution in [-0.4, -0.2) is 24.3 Å². The van der Waals surface area contributed by atoms with Gasteiger partial charge in [0.2, 0.25) is 0 Å². The van der Waals surface area contributed by atoms with Crippen molar-refractivity contribution in [3.05, 3.63) is 35.9 Å². The van der Waals surface area contributed by atoms with Crippen LogP contribution in [0.15, 0.2) is 30.3 Å². The van der Waals surface area contributed by atoms with Crippen molar-refractivity contribution >= 4 is 5.97 Å². The van der Waals surface area contributed by atoms with Gasteiger partial charge in [-0.25, -0.2) is 0 Å². The first-order valence-corrected chi connectivity index (χ1v) is 5.93. The minimum Gasteiger partial charge on any atom is -0.469 e. The molecule has 0 aromatic heterocycles. The van der Waals surface area contributed by atoms with Crippen molar-refractivity contribution in [1.29, 1.82) is 0 Å². The fraction of sp³-hybridized carbons (Fsp3) is 0.500. The monoisotopic (exact) mass is 236 g/mol. The van der Waals surface area contributed by atoms with Gasteiger partial charge >= 0.3 is 5.97 Å². The van der Waals surface area contributed by atoms with E-state index in [4.69, 9.17) is 0 Å². The molecular weight excluding hydrogens is 216 g/mol. The molecule has 17 heavy (non-hydrogen) atoms. The molecule has 3 nitrogen and oxygen atoms in total. The molecule has 0 spiro atoms. The molecule has 1 N–H and O–H groups in total. The summed E-state index contributed by atoms with van der Waals surface area (Å²) in [5, 5.41) is 9.82. The minimum absolute atomic E-state index is 0.267. The normalized spacial score (nSPS) is 14.1. The van der Waals surface area contributed by atoms with Gasteiger partial charge in [0.25, 0.3) is 0 Å². The highest BCUT2D eigenvalue weighted by molar-refractivity contribution is 5.69. The van der Waals surface area contributed by atoms with E-state index in [9.17, 15) is 9.90 Å². The number of aliphatic hydroxyl groups is 1. The van der Waals surface area contributed by atoms with E-state index in [2.05, 4.69) is 23.8 Å². The summed E-state index contributed by atoms with van der Waals surface area (Å²) in [5.41, 5.74) is 1.21. The molecule has 2 atom stereocenters. The summed E-state index contributed by atoms with van der Waals surface area (Å²) in [6.07, 6.45) is 0.952. The van der Waals surface area contributed by atoms with Crippen molar-refractivity contribution in [2.75, 3.05) is 7.11 Å². The molecule has 94 valence electrons. The van der Waals surface area contributed by atoms with E-state index >= 15 is 0 Å². The number of hydrogen-bond acceptors (Lipinski definition) is 3. The van der Waals surface area contributed by atoms with Crippen LogP contribution >= 0.6 is 0 Å². The molecule has 0 radical (unpaired) electrons. The Morgan fingerprint density at radius 3 is 2.59 bits per heavy atom. The number of benzene rings is 1. The molecule has 0 heterocycles. The number of ether oxygens (including phenoxy) is 1. The van der Waals surface area contributed by atoms with Gasteiger partial charge in [0.05, 0.1) is 13.2 Å². The summed E-state index contributed by atoms with van der Waals surface area (Å²) in [5.74, 6) is 0.0280. The molecule has 0 aliphatic carbocycles. The lowest BCUT2D eigenvalue weighted by Gasteiger charge is -2.16. The Labute approximate surface area is 102 Å². The van der Waals surface area contributed by atoms with Crippen LogP contribution in [-0.2, 0) is 9.53 Å². The lowest BCUT2D eigenvalue weighted by Crippen LogP contribution is -2.13. The van der Waals surface area contributed by atoms with Crippen LogP contribution in [0.3, 0.4) is 0 Å². The van der Waals surface area contributed by atoms with E-state index in [1.54, 1.807) is 0 Å². The maximum Gasteiger partial charge on any atom is 0.305 e. The average Bonchev–Trinajstić information content (AvgIpc) is 2.36. The van der Waals surface area contributed by atoms with E-state index in [1.165, 1.54) is 12.7 Å². The van der Waals surface area contributed by atoms with E-state index < -0.39 is 6.10 Å². The number of aliphatic hydroxyl groups excluding tert-OH is 1. The van der Waals surface area contributed by atoms with Gasteiger partial charge < -0.3 is 9.84 Å². The summed E-state index contributed by atoms with van der Waals surface area (Å²) in [7, 11) is 1.36. The zero-order valence-electron chi connectivity index (χ0n) is 10.4. The van der Waals surface area contributed by atoms with Crippen LogP contribution < -0.4 is 0 Å². The van der Waals surface area contributed by atoms with Gasteiger partial charge in [0, 0.05) is 6.42 Å². The van der Waals surface area contributed by atoms with Crippen LogP contribution in [0.1, 0.15) is 37.7 Å². The molecule has 0 saturated carbocycles. The molecule has 0 saturated heterocycles. The van der Waals surface area contributed by atoms with Crippen molar-refractivity contribution < 1.29 is 14.6 Å². The van der Waals surface area contributed by atoms with E-state index in [1.807, 2.05) is 18.2 Å². The Hall–Kier alpha value is -1.35. The van der Waals surface area contributed by atoms with Crippen LogP contribution in [0.4, 0.5) is 0 Å². The van der Waals surface area contributed by atoms with E-state index in [0.717, 1.165) is 0 Å². The van der Waals surface area contributed by atoms with Crippen molar-refractivity contribution in [1.82, 2.24) is 0 Å². The number of carbonyl (C=O) groups is 1. The zero-order chi connectivity index (χ0) is 12.7. The number of methoxy groups -OCH3 is 1.